The first kappa shape index (κ1) is 12.1. The number of nitrogens with zero attached hydrogens (tertiary/aromatic N) is 1. The Morgan fingerprint density at radius 1 is 1.18 bits per heavy atom. The molecular formula is C15H18FN. The summed E-state index contributed by atoms with van der Waals surface area (Å²) >= 11 is 0. The minimum absolute atomic E-state index is 0.135. The Kier molecular flexibility index (Phi) is 4.14. The fourth-order valence-electron chi connectivity index (χ4n) is 2.80. The normalized spacial score (nSPS) is 19.3. The molecule has 1 saturated carbocycles. The highest BCUT2D eigenvalue weighted by atomic mass is 19.1. The van der Waals surface area contributed by atoms with E-state index in [9.17, 15) is 9.65 Å². The number of halogens is 1. The van der Waals surface area contributed by atoms with E-state index in [-0.39, 0.29) is 11.7 Å². The van der Waals surface area contributed by atoms with Crippen LogP contribution in [0.1, 0.15) is 50.0 Å². The van der Waals surface area contributed by atoms with Crippen LogP contribution in [-0.2, 0) is 0 Å². The van der Waals surface area contributed by atoms with E-state index in [2.05, 4.69) is 6.07 Å². The number of hydrogen-bond acceptors (Lipinski definition) is 1. The van der Waals surface area contributed by atoms with Crippen molar-refractivity contribution in [1.29, 1.82) is 5.26 Å². The number of benzene rings is 1. The Hall–Kier alpha value is -1.36. The monoisotopic (exact) mass is 231 g/mol. The second kappa shape index (κ2) is 5.82. The zero-order valence-corrected chi connectivity index (χ0v) is 10.0. The lowest BCUT2D eigenvalue weighted by Gasteiger charge is -2.20. The Morgan fingerprint density at radius 2 is 1.88 bits per heavy atom. The smallest absolute Gasteiger partial charge is 0.123 e. The Labute approximate surface area is 102 Å². The lowest BCUT2D eigenvalue weighted by molar-refractivity contribution is 0.423. The molecule has 2 rings (SSSR count). The standard InChI is InChI=1S/C15H18FN/c16-14-9-5-8-13(10-14)15(11-17)12-6-3-1-2-4-7-12/h5,8-10,12,15H,1-4,6-7H2. The van der Waals surface area contributed by atoms with E-state index in [1.165, 1.54) is 37.8 Å². The molecule has 1 aliphatic rings. The van der Waals surface area contributed by atoms with E-state index in [0.29, 0.717) is 5.92 Å². The van der Waals surface area contributed by atoms with Gasteiger partial charge in [0, 0.05) is 0 Å². The molecule has 0 heterocycles. The van der Waals surface area contributed by atoms with Crippen LogP contribution in [0.2, 0.25) is 0 Å². The first-order valence-electron chi connectivity index (χ1n) is 6.46. The number of rotatable bonds is 2. The van der Waals surface area contributed by atoms with Crippen molar-refractivity contribution in [3.8, 4) is 6.07 Å². The quantitative estimate of drug-likeness (QED) is 0.692. The van der Waals surface area contributed by atoms with Gasteiger partial charge in [-0.2, -0.15) is 5.26 Å². The second-order valence-electron chi connectivity index (χ2n) is 4.91. The van der Waals surface area contributed by atoms with Crippen molar-refractivity contribution in [2.75, 3.05) is 0 Å². The Morgan fingerprint density at radius 3 is 2.47 bits per heavy atom. The molecule has 0 amide bonds. The van der Waals surface area contributed by atoms with E-state index in [1.54, 1.807) is 6.07 Å². The number of hydrogen-bond donors (Lipinski definition) is 0. The molecule has 1 aromatic carbocycles. The molecule has 0 spiro atoms. The summed E-state index contributed by atoms with van der Waals surface area (Å²) in [4.78, 5) is 0. The SMILES string of the molecule is N#CC(c1cccc(F)c1)C1CCCCCC1. The van der Waals surface area contributed by atoms with Crippen LogP contribution in [0.25, 0.3) is 0 Å². The van der Waals surface area contributed by atoms with Crippen molar-refractivity contribution >= 4 is 0 Å². The molecule has 0 N–H and O–H groups in total. The van der Waals surface area contributed by atoms with E-state index in [0.717, 1.165) is 18.4 Å². The molecule has 1 aliphatic carbocycles. The minimum atomic E-state index is -0.239. The van der Waals surface area contributed by atoms with E-state index in [1.807, 2.05) is 6.07 Å². The molecule has 1 fully saturated rings. The predicted molar refractivity (Wildman–Crippen MR) is 65.9 cm³/mol. The van der Waals surface area contributed by atoms with Gasteiger partial charge >= 0.3 is 0 Å². The van der Waals surface area contributed by atoms with Crippen LogP contribution >= 0.6 is 0 Å². The maximum atomic E-state index is 13.2. The van der Waals surface area contributed by atoms with Gasteiger partial charge in [0.1, 0.15) is 5.82 Å². The maximum Gasteiger partial charge on any atom is 0.123 e. The first-order valence-corrected chi connectivity index (χ1v) is 6.46. The summed E-state index contributed by atoms with van der Waals surface area (Å²) < 4.78 is 13.2. The highest BCUT2D eigenvalue weighted by Crippen LogP contribution is 2.34. The lowest BCUT2D eigenvalue weighted by Crippen LogP contribution is -2.11. The van der Waals surface area contributed by atoms with Gasteiger partial charge in [-0.3, -0.25) is 0 Å². The molecule has 1 nitrogen and oxygen atoms in total. The molecule has 0 aromatic heterocycles. The summed E-state index contributed by atoms with van der Waals surface area (Å²) in [5.74, 6) is 0.0319. The van der Waals surface area contributed by atoms with E-state index < -0.39 is 0 Å². The highest BCUT2D eigenvalue weighted by molar-refractivity contribution is 5.26. The largest absolute Gasteiger partial charge is 0.207 e. The van der Waals surface area contributed by atoms with Gasteiger partial charge in [0.2, 0.25) is 0 Å². The zero-order valence-electron chi connectivity index (χ0n) is 10.0. The zero-order chi connectivity index (χ0) is 12.1. The summed E-state index contributed by atoms with van der Waals surface area (Å²) in [6.45, 7) is 0. The van der Waals surface area contributed by atoms with Crippen LogP contribution in [0.15, 0.2) is 24.3 Å². The van der Waals surface area contributed by atoms with Crippen LogP contribution < -0.4 is 0 Å². The van der Waals surface area contributed by atoms with Crippen LogP contribution in [-0.4, -0.2) is 0 Å². The molecule has 0 saturated heterocycles. The average Bonchev–Trinajstić information content (AvgIpc) is 2.59. The summed E-state index contributed by atoms with van der Waals surface area (Å²) in [6, 6.07) is 8.90. The van der Waals surface area contributed by atoms with Crippen molar-refractivity contribution < 1.29 is 4.39 Å². The highest BCUT2D eigenvalue weighted by Gasteiger charge is 2.24. The van der Waals surface area contributed by atoms with Gasteiger partial charge < -0.3 is 0 Å². The molecule has 17 heavy (non-hydrogen) atoms. The topological polar surface area (TPSA) is 23.8 Å². The van der Waals surface area contributed by atoms with Crippen molar-refractivity contribution in [3.05, 3.63) is 35.6 Å². The fraction of sp³-hybridized carbons (Fsp3) is 0.533. The minimum Gasteiger partial charge on any atom is -0.207 e. The maximum absolute atomic E-state index is 13.2. The Balaban J connectivity index is 2.18. The molecule has 0 bridgehead atoms. The average molecular weight is 231 g/mol. The Bertz CT molecular complexity index is 400. The first-order chi connectivity index (χ1) is 8.31. The van der Waals surface area contributed by atoms with Crippen LogP contribution in [0.4, 0.5) is 4.39 Å². The second-order valence-corrected chi connectivity index (χ2v) is 4.91. The summed E-state index contributed by atoms with van der Waals surface area (Å²) in [5.41, 5.74) is 0.847. The van der Waals surface area contributed by atoms with Crippen LogP contribution in [0, 0.1) is 23.1 Å². The van der Waals surface area contributed by atoms with Gasteiger partial charge in [-0.05, 0) is 36.5 Å². The van der Waals surface area contributed by atoms with E-state index in [4.69, 9.17) is 0 Å². The molecular weight excluding hydrogens is 213 g/mol. The fourth-order valence-corrected chi connectivity index (χ4v) is 2.80. The predicted octanol–water partition coefficient (Wildman–Crippen LogP) is 4.40. The third-order valence-corrected chi connectivity index (χ3v) is 3.72. The van der Waals surface area contributed by atoms with Gasteiger partial charge in [0.15, 0.2) is 0 Å². The van der Waals surface area contributed by atoms with Crippen LogP contribution in [0.3, 0.4) is 0 Å². The molecule has 2 heteroatoms. The van der Waals surface area contributed by atoms with E-state index >= 15 is 0 Å². The number of nitriles is 1. The third kappa shape index (κ3) is 3.06. The summed E-state index contributed by atoms with van der Waals surface area (Å²) in [5, 5.41) is 9.34. The van der Waals surface area contributed by atoms with Gasteiger partial charge in [0.25, 0.3) is 0 Å². The van der Waals surface area contributed by atoms with Crippen molar-refractivity contribution in [3.63, 3.8) is 0 Å². The summed E-state index contributed by atoms with van der Waals surface area (Å²) in [7, 11) is 0. The molecule has 0 aliphatic heterocycles. The molecule has 0 radical (unpaired) electrons. The van der Waals surface area contributed by atoms with Crippen LogP contribution in [0.5, 0.6) is 0 Å². The summed E-state index contributed by atoms with van der Waals surface area (Å²) in [6.07, 6.45) is 7.18. The van der Waals surface area contributed by atoms with Gasteiger partial charge in [-0.1, -0.05) is 37.8 Å². The lowest BCUT2D eigenvalue weighted by atomic mass is 9.82. The van der Waals surface area contributed by atoms with Crippen molar-refractivity contribution in [2.24, 2.45) is 5.92 Å². The third-order valence-electron chi connectivity index (χ3n) is 3.72. The van der Waals surface area contributed by atoms with Gasteiger partial charge in [0.05, 0.1) is 12.0 Å². The molecule has 1 atom stereocenters. The molecule has 1 unspecified atom stereocenters. The molecule has 90 valence electrons. The molecule has 1 aromatic rings. The van der Waals surface area contributed by atoms with Crippen molar-refractivity contribution in [2.45, 2.75) is 44.4 Å². The van der Waals surface area contributed by atoms with Gasteiger partial charge in [-0.25, -0.2) is 4.39 Å². The van der Waals surface area contributed by atoms with Crippen molar-refractivity contribution in [1.82, 2.24) is 0 Å². The van der Waals surface area contributed by atoms with Gasteiger partial charge in [-0.15, -0.1) is 0 Å².